The van der Waals surface area contributed by atoms with E-state index in [-0.39, 0.29) is 17.5 Å². The number of halogens is 1. The maximum absolute atomic E-state index is 10.4. The van der Waals surface area contributed by atoms with Crippen molar-refractivity contribution in [3.8, 4) is 0 Å². The fourth-order valence-corrected chi connectivity index (χ4v) is 2.09. The molecule has 0 amide bonds. The molecule has 4 nitrogen and oxygen atoms in total. The molecule has 0 aliphatic heterocycles. The Morgan fingerprint density at radius 2 is 2.33 bits per heavy atom. The first-order valence-corrected chi connectivity index (χ1v) is 5.52. The summed E-state index contributed by atoms with van der Waals surface area (Å²) in [6.07, 6.45) is 0. The number of nitro benzene ring substituents is 1. The highest BCUT2D eigenvalue weighted by molar-refractivity contribution is 8.00. The molecule has 0 heterocycles. The Labute approximate surface area is 96.4 Å². The van der Waals surface area contributed by atoms with E-state index >= 15 is 0 Å². The number of thioether (sulfide) groups is 1. The lowest BCUT2D eigenvalue weighted by atomic mass is 10.3. The van der Waals surface area contributed by atoms with Crippen LogP contribution in [0.3, 0.4) is 0 Å². The van der Waals surface area contributed by atoms with Crippen LogP contribution >= 0.6 is 23.4 Å². The van der Waals surface area contributed by atoms with Gasteiger partial charge in [0, 0.05) is 22.3 Å². The molecule has 6 heteroatoms. The van der Waals surface area contributed by atoms with E-state index in [1.165, 1.54) is 23.9 Å². The maximum atomic E-state index is 10.4. The van der Waals surface area contributed by atoms with Gasteiger partial charge in [-0.05, 0) is 6.07 Å². The Kier molecular flexibility index (Phi) is 4.38. The van der Waals surface area contributed by atoms with E-state index in [9.17, 15) is 10.1 Å². The van der Waals surface area contributed by atoms with E-state index in [0.29, 0.717) is 5.02 Å². The van der Waals surface area contributed by atoms with Gasteiger partial charge in [0.25, 0.3) is 5.69 Å². The molecule has 15 heavy (non-hydrogen) atoms. The summed E-state index contributed by atoms with van der Waals surface area (Å²) < 4.78 is 0. The highest BCUT2D eigenvalue weighted by atomic mass is 35.5. The molecule has 1 N–H and O–H groups in total. The van der Waals surface area contributed by atoms with Crippen LogP contribution < -0.4 is 0 Å². The molecule has 1 unspecified atom stereocenters. The fraction of sp³-hybridized carbons (Fsp3) is 0.333. The van der Waals surface area contributed by atoms with E-state index in [1.807, 2.05) is 6.92 Å². The number of aliphatic hydroxyl groups excluding tert-OH is 1. The topological polar surface area (TPSA) is 63.4 Å². The molecular weight excluding hydrogens is 238 g/mol. The van der Waals surface area contributed by atoms with Crippen molar-refractivity contribution in [1.82, 2.24) is 0 Å². The Balaban J connectivity index is 2.88. The van der Waals surface area contributed by atoms with Gasteiger partial charge in [-0.15, -0.1) is 11.8 Å². The van der Waals surface area contributed by atoms with Gasteiger partial charge in [0.2, 0.25) is 0 Å². The Hall–Kier alpha value is -0.780. The second-order valence-corrected chi connectivity index (χ2v) is 4.87. The Morgan fingerprint density at radius 1 is 1.67 bits per heavy atom. The average molecular weight is 248 g/mol. The van der Waals surface area contributed by atoms with E-state index < -0.39 is 4.92 Å². The molecule has 0 fully saturated rings. The largest absolute Gasteiger partial charge is 0.395 e. The minimum Gasteiger partial charge on any atom is -0.395 e. The molecule has 82 valence electrons. The lowest BCUT2D eigenvalue weighted by Crippen LogP contribution is -2.01. The molecule has 0 saturated heterocycles. The third-order valence-electron chi connectivity index (χ3n) is 1.71. The van der Waals surface area contributed by atoms with E-state index in [4.69, 9.17) is 16.7 Å². The zero-order valence-electron chi connectivity index (χ0n) is 8.01. The number of aliphatic hydroxyl groups is 1. The zero-order chi connectivity index (χ0) is 11.4. The number of non-ortho nitro benzene ring substituents is 1. The van der Waals surface area contributed by atoms with Crippen LogP contribution in [0.1, 0.15) is 6.92 Å². The van der Waals surface area contributed by atoms with Crippen molar-refractivity contribution in [3.63, 3.8) is 0 Å². The highest BCUT2D eigenvalue weighted by Crippen LogP contribution is 2.32. The first-order chi connectivity index (χ1) is 7.04. The predicted octanol–water partition coefficient (Wildman–Crippen LogP) is 2.72. The van der Waals surface area contributed by atoms with Gasteiger partial charge < -0.3 is 5.11 Å². The molecule has 1 aromatic carbocycles. The second kappa shape index (κ2) is 5.34. The first kappa shape index (κ1) is 12.3. The minimum atomic E-state index is -0.490. The van der Waals surface area contributed by atoms with Crippen molar-refractivity contribution in [1.29, 1.82) is 0 Å². The Bertz CT molecular complexity index is 372. The third-order valence-corrected chi connectivity index (χ3v) is 3.30. The normalized spacial score (nSPS) is 12.5. The van der Waals surface area contributed by atoms with Gasteiger partial charge in [-0.1, -0.05) is 18.5 Å². The molecule has 0 radical (unpaired) electrons. The van der Waals surface area contributed by atoms with Gasteiger partial charge in [0.15, 0.2) is 0 Å². The van der Waals surface area contributed by atoms with Crippen molar-refractivity contribution in [2.24, 2.45) is 0 Å². The molecular formula is C9H10ClNO3S. The van der Waals surface area contributed by atoms with Crippen LogP contribution in [0, 0.1) is 10.1 Å². The summed E-state index contributed by atoms with van der Waals surface area (Å²) >= 11 is 7.25. The van der Waals surface area contributed by atoms with Gasteiger partial charge in [-0.25, -0.2) is 0 Å². The maximum Gasteiger partial charge on any atom is 0.270 e. The summed E-state index contributed by atoms with van der Waals surface area (Å²) in [5.74, 6) is 0. The summed E-state index contributed by atoms with van der Waals surface area (Å²) in [5.41, 5.74) is -0.0269. The third kappa shape index (κ3) is 3.37. The summed E-state index contributed by atoms with van der Waals surface area (Å²) in [4.78, 5) is 10.7. The number of nitro groups is 1. The number of hydrogen-bond acceptors (Lipinski definition) is 4. The first-order valence-electron chi connectivity index (χ1n) is 4.26. The van der Waals surface area contributed by atoms with Crippen LogP contribution in [0.4, 0.5) is 5.69 Å². The van der Waals surface area contributed by atoms with Crippen molar-refractivity contribution < 1.29 is 10.0 Å². The number of rotatable bonds is 4. The van der Waals surface area contributed by atoms with Crippen LogP contribution in [0.25, 0.3) is 0 Å². The highest BCUT2D eigenvalue weighted by Gasteiger charge is 2.11. The molecule has 0 bridgehead atoms. The molecule has 1 atom stereocenters. The quantitative estimate of drug-likeness (QED) is 0.505. The molecule has 0 aliphatic carbocycles. The average Bonchev–Trinajstić information content (AvgIpc) is 2.20. The zero-order valence-corrected chi connectivity index (χ0v) is 9.59. The van der Waals surface area contributed by atoms with Gasteiger partial charge in [-0.2, -0.15) is 0 Å². The SMILES string of the molecule is CC(CO)Sc1ccc([N+](=O)[O-])cc1Cl. The monoisotopic (exact) mass is 247 g/mol. The molecule has 0 spiro atoms. The van der Waals surface area contributed by atoms with Crippen LogP contribution in [-0.4, -0.2) is 21.9 Å². The standard InChI is InChI=1S/C9H10ClNO3S/c1-6(5-12)15-9-3-2-7(11(13)14)4-8(9)10/h2-4,6,12H,5H2,1H3. The Morgan fingerprint density at radius 3 is 2.80 bits per heavy atom. The summed E-state index contributed by atoms with van der Waals surface area (Å²) in [5, 5.41) is 19.7. The summed E-state index contributed by atoms with van der Waals surface area (Å²) in [7, 11) is 0. The van der Waals surface area contributed by atoms with Crippen molar-refractivity contribution in [3.05, 3.63) is 33.3 Å². The van der Waals surface area contributed by atoms with Crippen molar-refractivity contribution >= 4 is 29.1 Å². The van der Waals surface area contributed by atoms with Gasteiger partial charge in [-0.3, -0.25) is 10.1 Å². The van der Waals surface area contributed by atoms with Gasteiger partial charge >= 0.3 is 0 Å². The molecule has 0 aliphatic rings. The fourth-order valence-electron chi connectivity index (χ4n) is 0.953. The van der Waals surface area contributed by atoms with Gasteiger partial charge in [0.1, 0.15) is 0 Å². The molecule has 1 rings (SSSR count). The number of nitrogens with zero attached hydrogens (tertiary/aromatic N) is 1. The smallest absolute Gasteiger partial charge is 0.270 e. The summed E-state index contributed by atoms with van der Waals surface area (Å²) in [6.45, 7) is 1.89. The molecule has 0 aromatic heterocycles. The second-order valence-electron chi connectivity index (χ2n) is 2.98. The predicted molar refractivity (Wildman–Crippen MR) is 60.5 cm³/mol. The van der Waals surface area contributed by atoms with E-state index in [1.54, 1.807) is 6.07 Å². The lowest BCUT2D eigenvalue weighted by molar-refractivity contribution is -0.384. The van der Waals surface area contributed by atoms with Crippen LogP contribution in [0.15, 0.2) is 23.1 Å². The lowest BCUT2D eigenvalue weighted by Gasteiger charge is -2.08. The number of benzene rings is 1. The summed E-state index contributed by atoms with van der Waals surface area (Å²) in [6, 6.07) is 4.31. The number of hydrogen-bond donors (Lipinski definition) is 1. The van der Waals surface area contributed by atoms with Crippen molar-refractivity contribution in [2.45, 2.75) is 17.1 Å². The van der Waals surface area contributed by atoms with E-state index in [2.05, 4.69) is 0 Å². The molecule has 0 saturated carbocycles. The minimum absolute atomic E-state index is 0.0176. The van der Waals surface area contributed by atoms with Gasteiger partial charge in [0.05, 0.1) is 16.6 Å². The molecule has 1 aromatic rings. The van der Waals surface area contributed by atoms with Crippen LogP contribution in [0.2, 0.25) is 5.02 Å². The van der Waals surface area contributed by atoms with Crippen LogP contribution in [-0.2, 0) is 0 Å². The van der Waals surface area contributed by atoms with Crippen molar-refractivity contribution in [2.75, 3.05) is 6.61 Å². The van der Waals surface area contributed by atoms with Crippen LogP contribution in [0.5, 0.6) is 0 Å². The van der Waals surface area contributed by atoms with E-state index in [0.717, 1.165) is 4.90 Å².